The highest BCUT2D eigenvalue weighted by Crippen LogP contribution is 2.35. The van der Waals surface area contributed by atoms with Crippen LogP contribution in [0.5, 0.6) is 0 Å². The van der Waals surface area contributed by atoms with Crippen molar-refractivity contribution in [3.05, 3.63) is 33.3 Å². The van der Waals surface area contributed by atoms with Crippen LogP contribution in [0.25, 0.3) is 0 Å². The van der Waals surface area contributed by atoms with Crippen molar-refractivity contribution in [2.75, 3.05) is 6.54 Å². The molecule has 0 atom stereocenters. The zero-order chi connectivity index (χ0) is 18.8. The molecule has 1 N–H and O–H groups in total. The van der Waals surface area contributed by atoms with Gasteiger partial charge in [-0.05, 0) is 20.3 Å². The number of hydrogen-bond donors (Lipinski definition) is 1. The number of aryl methyl sites for hydroxylation is 2. The van der Waals surface area contributed by atoms with Crippen molar-refractivity contribution in [2.24, 2.45) is 0 Å². The standard InChI is InChI=1S/C14H16Cl2F3N5O/c1-8-10(15)6-23(21-8)5-3-4-20-11(25)7-24-9(2)12(16)13(22-24)14(17,18)19/h6H,3-5,7H2,1-2H3,(H,20,25). The largest absolute Gasteiger partial charge is 0.436 e. The summed E-state index contributed by atoms with van der Waals surface area (Å²) in [4.78, 5) is 11.9. The molecule has 2 aromatic heterocycles. The Morgan fingerprint density at radius 3 is 2.48 bits per heavy atom. The Balaban J connectivity index is 1.84. The molecule has 1 amide bonds. The van der Waals surface area contributed by atoms with E-state index in [9.17, 15) is 18.0 Å². The summed E-state index contributed by atoms with van der Waals surface area (Å²) in [5.74, 6) is -0.453. The minimum Gasteiger partial charge on any atom is -0.354 e. The molecule has 25 heavy (non-hydrogen) atoms. The highest BCUT2D eigenvalue weighted by Gasteiger charge is 2.38. The molecule has 11 heteroatoms. The maximum atomic E-state index is 12.7. The van der Waals surface area contributed by atoms with Gasteiger partial charge in [0.25, 0.3) is 0 Å². The van der Waals surface area contributed by atoms with Crippen molar-refractivity contribution in [3.8, 4) is 0 Å². The maximum absolute atomic E-state index is 12.7. The lowest BCUT2D eigenvalue weighted by Gasteiger charge is -2.07. The molecular formula is C14H16Cl2F3N5O. The van der Waals surface area contributed by atoms with Crippen LogP contribution in [0.2, 0.25) is 10.0 Å². The van der Waals surface area contributed by atoms with E-state index in [1.165, 1.54) is 6.92 Å². The predicted molar refractivity (Wildman–Crippen MR) is 86.6 cm³/mol. The molecule has 0 radical (unpaired) electrons. The number of hydrogen-bond acceptors (Lipinski definition) is 3. The van der Waals surface area contributed by atoms with Gasteiger partial charge in [-0.2, -0.15) is 23.4 Å². The van der Waals surface area contributed by atoms with E-state index >= 15 is 0 Å². The van der Waals surface area contributed by atoms with Gasteiger partial charge in [0, 0.05) is 19.3 Å². The van der Waals surface area contributed by atoms with E-state index in [0.29, 0.717) is 24.5 Å². The first-order valence-corrected chi connectivity index (χ1v) is 8.11. The summed E-state index contributed by atoms with van der Waals surface area (Å²) < 4.78 is 40.8. The van der Waals surface area contributed by atoms with Gasteiger partial charge in [0.2, 0.25) is 5.91 Å². The van der Waals surface area contributed by atoms with Gasteiger partial charge in [0.05, 0.1) is 21.4 Å². The SMILES string of the molecule is Cc1nn(CCCNC(=O)Cn2nc(C(F)(F)F)c(Cl)c2C)cc1Cl. The Morgan fingerprint density at radius 2 is 1.96 bits per heavy atom. The third kappa shape index (κ3) is 4.88. The summed E-state index contributed by atoms with van der Waals surface area (Å²) in [7, 11) is 0. The van der Waals surface area contributed by atoms with Gasteiger partial charge in [-0.1, -0.05) is 23.2 Å². The molecule has 2 aromatic rings. The molecule has 0 fully saturated rings. The average molecular weight is 398 g/mol. The Bertz CT molecular complexity index is 750. The lowest BCUT2D eigenvalue weighted by atomic mass is 10.3. The van der Waals surface area contributed by atoms with Crippen LogP contribution in [0.1, 0.15) is 23.5 Å². The third-order valence-electron chi connectivity index (χ3n) is 3.47. The molecule has 0 aliphatic rings. The van der Waals surface area contributed by atoms with Crippen molar-refractivity contribution in [2.45, 2.75) is 39.5 Å². The topological polar surface area (TPSA) is 64.7 Å². The van der Waals surface area contributed by atoms with Crippen LogP contribution in [0.15, 0.2) is 6.20 Å². The number of halogens is 5. The van der Waals surface area contributed by atoms with Crippen LogP contribution < -0.4 is 5.32 Å². The van der Waals surface area contributed by atoms with Crippen LogP contribution in [0, 0.1) is 13.8 Å². The molecule has 0 bridgehead atoms. The van der Waals surface area contributed by atoms with E-state index in [4.69, 9.17) is 23.2 Å². The molecule has 0 unspecified atom stereocenters. The monoisotopic (exact) mass is 397 g/mol. The Kier molecular flexibility index (Phi) is 5.99. The van der Waals surface area contributed by atoms with Crippen molar-refractivity contribution >= 4 is 29.1 Å². The van der Waals surface area contributed by atoms with E-state index < -0.39 is 22.8 Å². The van der Waals surface area contributed by atoms with E-state index in [2.05, 4.69) is 15.5 Å². The van der Waals surface area contributed by atoms with Crippen LogP contribution >= 0.6 is 23.2 Å². The van der Waals surface area contributed by atoms with E-state index in [-0.39, 0.29) is 12.2 Å². The van der Waals surface area contributed by atoms with Gasteiger partial charge in [-0.3, -0.25) is 14.2 Å². The molecule has 0 saturated heterocycles. The van der Waals surface area contributed by atoms with Gasteiger partial charge in [-0.25, -0.2) is 0 Å². The second kappa shape index (κ2) is 7.65. The molecule has 2 rings (SSSR count). The van der Waals surface area contributed by atoms with Gasteiger partial charge in [-0.15, -0.1) is 0 Å². The summed E-state index contributed by atoms with van der Waals surface area (Å²) in [6, 6.07) is 0. The number of nitrogens with zero attached hydrogens (tertiary/aromatic N) is 4. The lowest BCUT2D eigenvalue weighted by molar-refractivity contribution is -0.141. The molecular weight excluding hydrogens is 382 g/mol. The minimum atomic E-state index is -4.66. The van der Waals surface area contributed by atoms with Gasteiger partial charge in [0.15, 0.2) is 5.69 Å². The molecule has 2 heterocycles. The molecule has 0 aromatic carbocycles. The van der Waals surface area contributed by atoms with Crippen molar-refractivity contribution in [1.82, 2.24) is 24.9 Å². The van der Waals surface area contributed by atoms with Gasteiger partial charge >= 0.3 is 6.18 Å². The molecule has 0 aliphatic carbocycles. The number of rotatable bonds is 6. The number of nitrogens with one attached hydrogen (secondary N) is 1. The Morgan fingerprint density at radius 1 is 1.28 bits per heavy atom. The highest BCUT2D eigenvalue weighted by molar-refractivity contribution is 6.32. The predicted octanol–water partition coefficient (Wildman–Crippen LogP) is 3.23. The van der Waals surface area contributed by atoms with E-state index in [1.54, 1.807) is 17.8 Å². The molecule has 138 valence electrons. The van der Waals surface area contributed by atoms with Crippen molar-refractivity contribution in [3.63, 3.8) is 0 Å². The fourth-order valence-electron chi connectivity index (χ4n) is 2.13. The summed E-state index contributed by atoms with van der Waals surface area (Å²) in [6.45, 7) is 3.72. The quantitative estimate of drug-likeness (QED) is 0.760. The normalized spacial score (nSPS) is 11.8. The van der Waals surface area contributed by atoms with Crippen molar-refractivity contribution < 1.29 is 18.0 Å². The summed E-state index contributed by atoms with van der Waals surface area (Å²) >= 11 is 11.5. The van der Waals surface area contributed by atoms with Crippen LogP contribution in [-0.4, -0.2) is 32.0 Å². The fraction of sp³-hybridized carbons (Fsp3) is 0.500. The summed E-state index contributed by atoms with van der Waals surface area (Å²) in [5.41, 5.74) is -0.381. The van der Waals surface area contributed by atoms with E-state index in [1.807, 2.05) is 0 Å². The number of carbonyl (C=O) groups excluding carboxylic acids is 1. The zero-order valence-electron chi connectivity index (χ0n) is 13.5. The maximum Gasteiger partial charge on any atom is 0.436 e. The van der Waals surface area contributed by atoms with Crippen molar-refractivity contribution in [1.29, 1.82) is 0 Å². The zero-order valence-corrected chi connectivity index (χ0v) is 15.0. The van der Waals surface area contributed by atoms with Crippen LogP contribution in [-0.2, 0) is 24.1 Å². The number of carbonyl (C=O) groups is 1. The number of amides is 1. The molecule has 0 aliphatic heterocycles. The van der Waals surface area contributed by atoms with E-state index in [0.717, 1.165) is 10.4 Å². The lowest BCUT2D eigenvalue weighted by Crippen LogP contribution is -2.29. The third-order valence-corrected chi connectivity index (χ3v) is 4.29. The summed E-state index contributed by atoms with van der Waals surface area (Å²) in [6.07, 6.45) is -2.38. The van der Waals surface area contributed by atoms with Crippen LogP contribution in [0.4, 0.5) is 13.2 Å². The highest BCUT2D eigenvalue weighted by atomic mass is 35.5. The second-order valence-corrected chi connectivity index (χ2v) is 6.22. The average Bonchev–Trinajstić information content (AvgIpc) is 2.97. The van der Waals surface area contributed by atoms with Gasteiger partial charge in [0.1, 0.15) is 6.54 Å². The number of alkyl halides is 3. The minimum absolute atomic E-state index is 0.0887. The molecule has 6 nitrogen and oxygen atoms in total. The Hall–Kier alpha value is -1.74. The second-order valence-electron chi connectivity index (χ2n) is 5.43. The Labute approximate surface area is 151 Å². The first-order chi connectivity index (χ1) is 11.6. The first-order valence-electron chi connectivity index (χ1n) is 7.36. The first kappa shape index (κ1) is 19.6. The smallest absolute Gasteiger partial charge is 0.354 e. The fourth-order valence-corrected chi connectivity index (χ4v) is 2.52. The summed E-state index contributed by atoms with van der Waals surface area (Å²) in [5, 5.41) is 10.2. The number of aromatic nitrogens is 4. The van der Waals surface area contributed by atoms with Crippen LogP contribution in [0.3, 0.4) is 0 Å². The molecule has 0 spiro atoms. The molecule has 0 saturated carbocycles. The van der Waals surface area contributed by atoms with Gasteiger partial charge < -0.3 is 5.32 Å².